The largest absolute Gasteiger partial charge is 0.482 e. The Morgan fingerprint density at radius 1 is 0.967 bits per heavy atom. The number of carbonyl (C=O) groups excluding carboxylic acids is 2. The number of pyridine rings is 1. The molecule has 1 heterocycles. The van der Waals surface area contributed by atoms with Gasteiger partial charge in [-0.15, -0.1) is 0 Å². The average Bonchev–Trinajstić information content (AvgIpc) is 2.74. The van der Waals surface area contributed by atoms with E-state index in [4.69, 9.17) is 32.7 Å². The predicted molar refractivity (Wildman–Crippen MR) is 115 cm³/mol. The molecule has 0 radical (unpaired) electrons. The van der Waals surface area contributed by atoms with Crippen LogP contribution in [0, 0.1) is 0 Å². The van der Waals surface area contributed by atoms with Crippen molar-refractivity contribution >= 4 is 40.9 Å². The minimum Gasteiger partial charge on any atom is -0.482 e. The number of aromatic nitrogens is 1. The number of hydrogen-bond donors (Lipinski definition) is 1. The molecule has 8 heteroatoms. The van der Waals surface area contributed by atoms with Crippen LogP contribution >= 0.6 is 23.2 Å². The quantitative estimate of drug-likeness (QED) is 0.516. The molecule has 0 bridgehead atoms. The Kier molecular flexibility index (Phi) is 7.65. The van der Waals surface area contributed by atoms with Gasteiger partial charge in [0, 0.05) is 12.6 Å². The molecule has 0 saturated carbocycles. The van der Waals surface area contributed by atoms with E-state index in [1.807, 2.05) is 48.5 Å². The van der Waals surface area contributed by atoms with Crippen LogP contribution < -0.4 is 10.1 Å². The maximum absolute atomic E-state index is 12.0. The van der Waals surface area contributed by atoms with Crippen molar-refractivity contribution in [2.75, 3.05) is 18.5 Å². The Morgan fingerprint density at radius 2 is 1.70 bits per heavy atom. The van der Waals surface area contributed by atoms with Gasteiger partial charge in [0.05, 0.1) is 10.0 Å². The summed E-state index contributed by atoms with van der Waals surface area (Å²) in [6.45, 7) is -0.812. The third-order valence-electron chi connectivity index (χ3n) is 3.99. The van der Waals surface area contributed by atoms with Gasteiger partial charge in [0.1, 0.15) is 5.75 Å². The summed E-state index contributed by atoms with van der Waals surface area (Å²) in [5, 5.41) is 2.97. The van der Waals surface area contributed by atoms with E-state index >= 15 is 0 Å². The Labute approximate surface area is 183 Å². The first-order chi connectivity index (χ1) is 14.5. The SMILES string of the molecule is O=C(COC(=O)COc1ccccc1Cc1ccccc1)Nc1ncc(Cl)cc1Cl. The Hall–Kier alpha value is -3.09. The second-order valence-electron chi connectivity index (χ2n) is 6.25. The van der Waals surface area contributed by atoms with Gasteiger partial charge in [0.2, 0.25) is 0 Å². The van der Waals surface area contributed by atoms with Gasteiger partial charge in [0.15, 0.2) is 19.0 Å². The van der Waals surface area contributed by atoms with Crippen molar-refractivity contribution in [1.29, 1.82) is 0 Å². The summed E-state index contributed by atoms with van der Waals surface area (Å²) in [5.74, 6) is -0.535. The van der Waals surface area contributed by atoms with Crippen LogP contribution in [-0.4, -0.2) is 30.1 Å². The van der Waals surface area contributed by atoms with Crippen molar-refractivity contribution in [1.82, 2.24) is 4.98 Å². The molecule has 1 N–H and O–H groups in total. The smallest absolute Gasteiger partial charge is 0.344 e. The molecule has 30 heavy (non-hydrogen) atoms. The summed E-state index contributed by atoms with van der Waals surface area (Å²) >= 11 is 11.7. The van der Waals surface area contributed by atoms with E-state index in [2.05, 4.69) is 10.3 Å². The monoisotopic (exact) mass is 444 g/mol. The van der Waals surface area contributed by atoms with Gasteiger partial charge in [-0.1, -0.05) is 71.7 Å². The van der Waals surface area contributed by atoms with Gasteiger partial charge in [-0.3, -0.25) is 4.79 Å². The van der Waals surface area contributed by atoms with E-state index in [9.17, 15) is 9.59 Å². The molecular weight excluding hydrogens is 427 g/mol. The summed E-state index contributed by atoms with van der Waals surface area (Å²) in [5.41, 5.74) is 2.07. The number of rotatable bonds is 8. The van der Waals surface area contributed by atoms with E-state index in [0.717, 1.165) is 11.1 Å². The van der Waals surface area contributed by atoms with Gasteiger partial charge in [-0.2, -0.15) is 0 Å². The summed E-state index contributed by atoms with van der Waals surface area (Å²) in [6, 6.07) is 18.8. The van der Waals surface area contributed by atoms with E-state index in [1.165, 1.54) is 12.3 Å². The Bertz CT molecular complexity index is 1030. The molecule has 3 rings (SSSR count). The first kappa shape index (κ1) is 21.6. The van der Waals surface area contributed by atoms with Crippen molar-refractivity contribution < 1.29 is 19.1 Å². The number of amides is 1. The number of benzene rings is 2. The first-order valence-electron chi connectivity index (χ1n) is 9.02. The highest BCUT2D eigenvalue weighted by Crippen LogP contribution is 2.23. The second kappa shape index (κ2) is 10.6. The van der Waals surface area contributed by atoms with Gasteiger partial charge < -0.3 is 14.8 Å². The molecule has 3 aromatic rings. The van der Waals surface area contributed by atoms with Crippen molar-refractivity contribution in [3.8, 4) is 5.75 Å². The van der Waals surface area contributed by atoms with Crippen molar-refractivity contribution in [2.24, 2.45) is 0 Å². The van der Waals surface area contributed by atoms with Crippen LogP contribution in [0.25, 0.3) is 0 Å². The molecule has 1 amide bonds. The minimum atomic E-state index is -0.671. The van der Waals surface area contributed by atoms with Crippen LogP contribution in [0.5, 0.6) is 5.75 Å². The minimum absolute atomic E-state index is 0.133. The highest BCUT2D eigenvalue weighted by Gasteiger charge is 2.12. The number of anilines is 1. The molecule has 0 unspecified atom stereocenters. The standard InChI is InChI=1S/C22H18Cl2N2O4/c23-17-11-18(24)22(25-12-17)26-20(27)13-30-21(28)14-29-19-9-5-4-8-16(19)10-15-6-2-1-3-7-15/h1-9,11-12H,10,13-14H2,(H,25,26,27). The number of halogens is 2. The molecule has 0 atom stereocenters. The van der Waals surface area contributed by atoms with Crippen LogP contribution in [0.1, 0.15) is 11.1 Å². The van der Waals surface area contributed by atoms with Crippen molar-refractivity contribution in [2.45, 2.75) is 6.42 Å². The van der Waals surface area contributed by atoms with E-state index in [1.54, 1.807) is 6.07 Å². The van der Waals surface area contributed by atoms with Gasteiger partial charge in [-0.05, 0) is 23.3 Å². The number of nitrogens with one attached hydrogen (secondary N) is 1. The maximum Gasteiger partial charge on any atom is 0.344 e. The Balaban J connectivity index is 1.48. The van der Waals surface area contributed by atoms with Gasteiger partial charge in [-0.25, -0.2) is 9.78 Å². The van der Waals surface area contributed by atoms with Crippen LogP contribution in [0.15, 0.2) is 66.9 Å². The second-order valence-corrected chi connectivity index (χ2v) is 7.10. The molecule has 0 spiro atoms. The zero-order valence-corrected chi connectivity index (χ0v) is 17.3. The van der Waals surface area contributed by atoms with Gasteiger partial charge >= 0.3 is 5.97 Å². The third kappa shape index (κ3) is 6.47. The first-order valence-corrected chi connectivity index (χ1v) is 9.78. The van der Waals surface area contributed by atoms with Gasteiger partial charge in [0.25, 0.3) is 5.91 Å². The maximum atomic E-state index is 12.0. The number of hydrogen-bond acceptors (Lipinski definition) is 5. The lowest BCUT2D eigenvalue weighted by Gasteiger charge is -2.11. The molecule has 0 aliphatic heterocycles. The molecule has 1 aromatic heterocycles. The molecule has 0 aliphatic rings. The zero-order chi connectivity index (χ0) is 21.3. The Morgan fingerprint density at radius 3 is 2.47 bits per heavy atom. The summed E-state index contributed by atoms with van der Waals surface area (Å²) in [6.07, 6.45) is 2.01. The summed E-state index contributed by atoms with van der Waals surface area (Å²) in [7, 11) is 0. The lowest BCUT2D eigenvalue weighted by Crippen LogP contribution is -2.24. The molecule has 0 saturated heterocycles. The fraction of sp³-hybridized carbons (Fsp3) is 0.136. The fourth-order valence-corrected chi connectivity index (χ4v) is 3.03. The van der Waals surface area contributed by atoms with Crippen molar-refractivity contribution in [3.05, 3.63) is 88.0 Å². The van der Waals surface area contributed by atoms with E-state index in [0.29, 0.717) is 17.2 Å². The number of ether oxygens (including phenoxy) is 2. The highest BCUT2D eigenvalue weighted by molar-refractivity contribution is 6.36. The van der Waals surface area contributed by atoms with Crippen LogP contribution in [0.2, 0.25) is 10.0 Å². The normalized spacial score (nSPS) is 10.3. The number of carbonyl (C=O) groups is 2. The summed E-state index contributed by atoms with van der Waals surface area (Å²) < 4.78 is 10.5. The van der Waals surface area contributed by atoms with Crippen molar-refractivity contribution in [3.63, 3.8) is 0 Å². The third-order valence-corrected chi connectivity index (χ3v) is 4.48. The topological polar surface area (TPSA) is 77.5 Å². The lowest BCUT2D eigenvalue weighted by molar-refractivity contribution is -0.149. The molecule has 0 fully saturated rings. The molecule has 6 nitrogen and oxygen atoms in total. The van der Waals surface area contributed by atoms with Crippen LogP contribution in [-0.2, 0) is 20.7 Å². The fourth-order valence-electron chi connectivity index (χ4n) is 2.61. The predicted octanol–water partition coefficient (Wildman–Crippen LogP) is 4.54. The van der Waals surface area contributed by atoms with Crippen LogP contribution in [0.4, 0.5) is 5.82 Å². The van der Waals surface area contributed by atoms with E-state index < -0.39 is 18.5 Å². The molecule has 2 aromatic carbocycles. The molecule has 154 valence electrons. The number of nitrogens with zero attached hydrogens (tertiary/aromatic N) is 1. The number of para-hydroxylation sites is 1. The van der Waals surface area contributed by atoms with Crippen LogP contribution in [0.3, 0.4) is 0 Å². The van der Waals surface area contributed by atoms with E-state index in [-0.39, 0.29) is 17.4 Å². The molecule has 0 aliphatic carbocycles. The lowest BCUT2D eigenvalue weighted by atomic mass is 10.0. The summed E-state index contributed by atoms with van der Waals surface area (Å²) in [4.78, 5) is 27.8. The molecular formula is C22H18Cl2N2O4. The highest BCUT2D eigenvalue weighted by atomic mass is 35.5. The zero-order valence-electron chi connectivity index (χ0n) is 15.8. The average molecular weight is 445 g/mol. The number of esters is 1.